The lowest BCUT2D eigenvalue weighted by Crippen LogP contribution is -2.25. The van der Waals surface area contributed by atoms with Gasteiger partial charge in [-0.1, -0.05) is 0 Å². The number of hydrogen-bond acceptors (Lipinski definition) is 4. The molecular formula is C10H13N3O3. The summed E-state index contributed by atoms with van der Waals surface area (Å²) in [6, 6.07) is 1.40. The van der Waals surface area contributed by atoms with Crippen LogP contribution in [0.1, 0.15) is 12.2 Å². The van der Waals surface area contributed by atoms with Gasteiger partial charge >= 0.3 is 5.97 Å². The Bertz CT molecular complexity index is 469. The van der Waals surface area contributed by atoms with Gasteiger partial charge in [0, 0.05) is 19.2 Å². The third-order valence-corrected chi connectivity index (χ3v) is 2.71. The zero-order valence-electron chi connectivity index (χ0n) is 8.93. The van der Waals surface area contributed by atoms with Gasteiger partial charge in [0.15, 0.2) is 0 Å². The molecule has 0 saturated carbocycles. The topological polar surface area (TPSA) is 86.3 Å². The number of aromatic amines is 1. The van der Waals surface area contributed by atoms with Gasteiger partial charge in [0.05, 0.1) is 5.92 Å². The van der Waals surface area contributed by atoms with Crippen LogP contribution in [0.4, 0.5) is 5.82 Å². The SMILES string of the molecule is Cc1nc(N2CCC(C(=O)O)C2)cc(=O)[nH]1. The first-order valence-electron chi connectivity index (χ1n) is 5.12. The third-order valence-electron chi connectivity index (χ3n) is 2.71. The Morgan fingerprint density at radius 2 is 2.44 bits per heavy atom. The Morgan fingerprint density at radius 3 is 3.00 bits per heavy atom. The summed E-state index contributed by atoms with van der Waals surface area (Å²) in [5, 5.41) is 8.87. The van der Waals surface area contributed by atoms with E-state index in [-0.39, 0.29) is 11.5 Å². The summed E-state index contributed by atoms with van der Waals surface area (Å²) in [5.41, 5.74) is -0.207. The smallest absolute Gasteiger partial charge is 0.308 e. The maximum atomic E-state index is 11.2. The highest BCUT2D eigenvalue weighted by Crippen LogP contribution is 2.21. The molecule has 0 amide bonds. The van der Waals surface area contributed by atoms with E-state index < -0.39 is 5.97 Å². The summed E-state index contributed by atoms with van der Waals surface area (Å²) >= 11 is 0. The van der Waals surface area contributed by atoms with Crippen LogP contribution in [0.15, 0.2) is 10.9 Å². The second-order valence-corrected chi connectivity index (χ2v) is 3.96. The molecule has 6 nitrogen and oxygen atoms in total. The van der Waals surface area contributed by atoms with Gasteiger partial charge in [0.2, 0.25) is 0 Å². The van der Waals surface area contributed by atoms with Gasteiger partial charge in [-0.3, -0.25) is 9.59 Å². The number of aromatic nitrogens is 2. The number of nitrogens with zero attached hydrogens (tertiary/aromatic N) is 2. The fourth-order valence-electron chi connectivity index (χ4n) is 1.90. The van der Waals surface area contributed by atoms with Gasteiger partial charge in [-0.15, -0.1) is 0 Å². The number of carboxylic acid groups (broad SMARTS) is 1. The van der Waals surface area contributed by atoms with Crippen molar-refractivity contribution in [1.82, 2.24) is 9.97 Å². The third kappa shape index (κ3) is 2.05. The van der Waals surface area contributed by atoms with Crippen LogP contribution in [0.3, 0.4) is 0 Å². The highest BCUT2D eigenvalue weighted by atomic mass is 16.4. The molecule has 2 rings (SSSR count). The molecule has 1 atom stereocenters. The fourth-order valence-corrected chi connectivity index (χ4v) is 1.90. The largest absolute Gasteiger partial charge is 0.481 e. The number of hydrogen-bond donors (Lipinski definition) is 2. The summed E-state index contributed by atoms with van der Waals surface area (Å²) in [7, 11) is 0. The molecule has 0 spiro atoms. The van der Waals surface area contributed by atoms with Crippen molar-refractivity contribution in [1.29, 1.82) is 0 Å². The molecule has 2 N–H and O–H groups in total. The van der Waals surface area contributed by atoms with E-state index in [9.17, 15) is 9.59 Å². The standard InChI is InChI=1S/C10H13N3O3/c1-6-11-8(4-9(14)12-6)13-3-2-7(5-13)10(15)16/h4,7H,2-3,5H2,1H3,(H,15,16)(H,11,12,14). The van der Waals surface area contributed by atoms with E-state index in [1.807, 2.05) is 4.90 Å². The summed E-state index contributed by atoms with van der Waals surface area (Å²) < 4.78 is 0. The maximum absolute atomic E-state index is 11.2. The average molecular weight is 223 g/mol. The van der Waals surface area contributed by atoms with Crippen molar-refractivity contribution in [2.45, 2.75) is 13.3 Å². The monoisotopic (exact) mass is 223 g/mol. The summed E-state index contributed by atoms with van der Waals surface area (Å²) in [5.74, 6) is -0.0447. The lowest BCUT2D eigenvalue weighted by molar-refractivity contribution is -0.140. The van der Waals surface area contributed by atoms with Gasteiger partial charge in [-0.2, -0.15) is 0 Å². The quantitative estimate of drug-likeness (QED) is 0.736. The van der Waals surface area contributed by atoms with E-state index in [4.69, 9.17) is 5.11 Å². The normalized spacial score (nSPS) is 20.1. The van der Waals surface area contributed by atoms with Gasteiger partial charge in [-0.25, -0.2) is 4.98 Å². The molecule has 1 aromatic heterocycles. The molecule has 1 fully saturated rings. The predicted molar refractivity (Wildman–Crippen MR) is 57.6 cm³/mol. The van der Waals surface area contributed by atoms with Crippen molar-refractivity contribution in [2.24, 2.45) is 5.92 Å². The molecule has 1 saturated heterocycles. The van der Waals surface area contributed by atoms with Crippen LogP contribution < -0.4 is 10.5 Å². The molecule has 1 aromatic rings. The van der Waals surface area contributed by atoms with Crippen molar-refractivity contribution >= 4 is 11.8 Å². The van der Waals surface area contributed by atoms with Crippen LogP contribution in [-0.4, -0.2) is 34.1 Å². The molecular weight excluding hydrogens is 210 g/mol. The maximum Gasteiger partial charge on any atom is 0.308 e. The second kappa shape index (κ2) is 3.96. The molecule has 0 aliphatic carbocycles. The predicted octanol–water partition coefficient (Wildman–Crippen LogP) is -0.0108. The Morgan fingerprint density at radius 1 is 1.69 bits per heavy atom. The van der Waals surface area contributed by atoms with Crippen molar-refractivity contribution in [3.63, 3.8) is 0 Å². The van der Waals surface area contributed by atoms with Crippen molar-refractivity contribution in [2.75, 3.05) is 18.0 Å². The number of rotatable bonds is 2. The second-order valence-electron chi connectivity index (χ2n) is 3.96. The lowest BCUT2D eigenvalue weighted by Gasteiger charge is -2.16. The van der Waals surface area contributed by atoms with Crippen LogP contribution in [0.2, 0.25) is 0 Å². The molecule has 6 heteroatoms. The summed E-state index contributed by atoms with van der Waals surface area (Å²) in [6.07, 6.45) is 0.600. The van der Waals surface area contributed by atoms with Crippen molar-refractivity contribution in [3.05, 3.63) is 22.2 Å². The van der Waals surface area contributed by atoms with E-state index in [0.717, 1.165) is 0 Å². The first-order valence-corrected chi connectivity index (χ1v) is 5.12. The Labute approximate surface area is 91.9 Å². The minimum atomic E-state index is -0.788. The van der Waals surface area contributed by atoms with E-state index in [0.29, 0.717) is 31.2 Å². The first-order chi connectivity index (χ1) is 7.56. The van der Waals surface area contributed by atoms with Crippen molar-refractivity contribution < 1.29 is 9.90 Å². The Hall–Kier alpha value is -1.85. The number of carboxylic acids is 1. The average Bonchev–Trinajstić information content (AvgIpc) is 2.64. The zero-order chi connectivity index (χ0) is 11.7. The van der Waals surface area contributed by atoms with E-state index in [1.165, 1.54) is 6.07 Å². The number of nitrogens with one attached hydrogen (secondary N) is 1. The van der Waals surface area contributed by atoms with Crippen LogP contribution in [0.5, 0.6) is 0 Å². The van der Waals surface area contributed by atoms with Crippen LogP contribution in [-0.2, 0) is 4.79 Å². The van der Waals surface area contributed by atoms with E-state index in [1.54, 1.807) is 6.92 Å². The molecule has 16 heavy (non-hydrogen) atoms. The Balaban J connectivity index is 2.20. The number of H-pyrrole nitrogens is 1. The van der Waals surface area contributed by atoms with E-state index >= 15 is 0 Å². The van der Waals surface area contributed by atoms with Gasteiger partial charge in [0.25, 0.3) is 5.56 Å². The molecule has 0 bridgehead atoms. The molecule has 0 aromatic carbocycles. The number of aliphatic carboxylic acids is 1. The van der Waals surface area contributed by atoms with Gasteiger partial charge in [-0.05, 0) is 13.3 Å². The highest BCUT2D eigenvalue weighted by molar-refractivity contribution is 5.71. The van der Waals surface area contributed by atoms with Crippen LogP contribution >= 0.6 is 0 Å². The molecule has 1 aliphatic heterocycles. The zero-order valence-corrected chi connectivity index (χ0v) is 8.93. The summed E-state index contributed by atoms with van der Waals surface area (Å²) in [4.78, 5) is 30.6. The van der Waals surface area contributed by atoms with Gasteiger partial charge in [0.1, 0.15) is 11.6 Å². The van der Waals surface area contributed by atoms with Gasteiger partial charge < -0.3 is 15.0 Å². The molecule has 86 valence electrons. The fraction of sp³-hybridized carbons (Fsp3) is 0.500. The molecule has 0 radical (unpaired) electrons. The highest BCUT2D eigenvalue weighted by Gasteiger charge is 2.28. The van der Waals surface area contributed by atoms with Crippen LogP contribution in [0.25, 0.3) is 0 Å². The number of aryl methyl sites for hydroxylation is 1. The molecule has 1 aliphatic rings. The minimum Gasteiger partial charge on any atom is -0.481 e. The molecule has 2 heterocycles. The lowest BCUT2D eigenvalue weighted by atomic mass is 10.1. The minimum absolute atomic E-state index is 0.207. The van der Waals surface area contributed by atoms with E-state index in [2.05, 4.69) is 9.97 Å². The van der Waals surface area contributed by atoms with Crippen LogP contribution in [0, 0.1) is 12.8 Å². The number of anilines is 1. The summed E-state index contributed by atoms with van der Waals surface area (Å²) in [6.45, 7) is 2.76. The number of carbonyl (C=O) groups is 1. The first kappa shape index (κ1) is 10.7. The molecule has 1 unspecified atom stereocenters. The Kier molecular flexibility index (Phi) is 2.64. The van der Waals surface area contributed by atoms with Crippen molar-refractivity contribution in [3.8, 4) is 0 Å².